The summed E-state index contributed by atoms with van der Waals surface area (Å²) in [6.45, 7) is -0.0336. The molecular weight excluding hydrogens is 364 g/mol. The van der Waals surface area contributed by atoms with Gasteiger partial charge in [-0.05, 0) is 12.8 Å². The van der Waals surface area contributed by atoms with Gasteiger partial charge in [0.2, 0.25) is 0 Å². The predicted molar refractivity (Wildman–Crippen MR) is 97.4 cm³/mol. The van der Waals surface area contributed by atoms with Crippen LogP contribution in [0.3, 0.4) is 0 Å². The second-order valence-corrected chi connectivity index (χ2v) is 5.49. The van der Waals surface area contributed by atoms with Crippen LogP contribution in [0, 0.1) is 0 Å². The van der Waals surface area contributed by atoms with Crippen molar-refractivity contribution in [1.29, 1.82) is 0 Å². The van der Waals surface area contributed by atoms with Gasteiger partial charge in [0.05, 0.1) is 39.6 Å². The first kappa shape index (κ1) is 30.4. The number of unbranched alkanes of at least 4 members (excludes halogenated alkanes) is 5. The number of aliphatic carboxylic acids is 2. The summed E-state index contributed by atoms with van der Waals surface area (Å²) in [6.07, 6.45) is 4.87. The molecule has 0 saturated carbocycles. The number of carbonyl (C=O) groups is 2. The molecule has 0 bridgehead atoms. The van der Waals surface area contributed by atoms with E-state index in [0.29, 0.717) is 13.2 Å². The summed E-state index contributed by atoms with van der Waals surface area (Å²) in [7, 11) is 0. The van der Waals surface area contributed by atoms with Gasteiger partial charge in [-0.15, -0.1) is 0 Å². The Morgan fingerprint density at radius 1 is 0.667 bits per heavy atom. The molecule has 0 aliphatic carbocycles. The Morgan fingerprint density at radius 3 is 1.22 bits per heavy atom. The molecule has 0 heterocycles. The summed E-state index contributed by atoms with van der Waals surface area (Å²) in [4.78, 5) is 20.3. The first-order valence-corrected chi connectivity index (χ1v) is 8.98. The summed E-state index contributed by atoms with van der Waals surface area (Å²) >= 11 is 0. The van der Waals surface area contributed by atoms with Gasteiger partial charge in [0.25, 0.3) is 0 Å². The summed E-state index contributed by atoms with van der Waals surface area (Å²) < 4.78 is 4.63. The monoisotopic (exact) mass is 400 g/mol. The van der Waals surface area contributed by atoms with Gasteiger partial charge in [-0.3, -0.25) is 9.59 Å². The fraction of sp³-hybridized carbons (Fsp3) is 0.882. The zero-order valence-corrected chi connectivity index (χ0v) is 15.8. The Bertz CT molecular complexity index is 284. The number of aliphatic hydroxyl groups is 5. The number of hydrogen-bond donors (Lipinski definition) is 7. The lowest BCUT2D eigenvalue weighted by Gasteiger charge is -1.98. The number of ether oxygens (including phenoxy) is 1. The zero-order chi connectivity index (χ0) is 21.3. The van der Waals surface area contributed by atoms with Gasteiger partial charge < -0.3 is 40.5 Å². The van der Waals surface area contributed by atoms with Crippen molar-refractivity contribution in [2.45, 2.75) is 57.5 Å². The quantitative estimate of drug-likeness (QED) is 0.178. The Labute approximate surface area is 160 Å². The van der Waals surface area contributed by atoms with E-state index in [-0.39, 0.29) is 39.3 Å². The average molecular weight is 400 g/mol. The van der Waals surface area contributed by atoms with E-state index in [1.165, 1.54) is 0 Å². The van der Waals surface area contributed by atoms with Crippen LogP contribution in [-0.4, -0.2) is 93.4 Å². The van der Waals surface area contributed by atoms with Crippen molar-refractivity contribution in [3.8, 4) is 0 Å². The third-order valence-electron chi connectivity index (χ3n) is 2.92. The Hall–Kier alpha value is -1.30. The summed E-state index contributed by atoms with van der Waals surface area (Å²) in [5, 5.41) is 56.9. The summed E-state index contributed by atoms with van der Waals surface area (Å²) in [6, 6.07) is 0. The molecule has 0 unspecified atom stereocenters. The number of carboxylic acid groups (broad SMARTS) is 2. The van der Waals surface area contributed by atoms with E-state index in [4.69, 9.17) is 35.7 Å². The number of rotatable bonds is 15. The molecule has 0 fully saturated rings. The van der Waals surface area contributed by atoms with Crippen molar-refractivity contribution in [2.24, 2.45) is 0 Å². The van der Waals surface area contributed by atoms with Crippen molar-refractivity contribution in [3.63, 3.8) is 0 Å². The summed E-state index contributed by atoms with van der Waals surface area (Å²) in [5.74, 6) is -1.48. The highest BCUT2D eigenvalue weighted by Crippen LogP contribution is 2.08. The molecule has 164 valence electrons. The minimum Gasteiger partial charge on any atom is -0.481 e. The maximum atomic E-state index is 10.1. The maximum absolute atomic E-state index is 10.1. The van der Waals surface area contributed by atoms with Crippen LogP contribution in [0.15, 0.2) is 0 Å². The van der Waals surface area contributed by atoms with Gasteiger partial charge in [-0.25, -0.2) is 0 Å². The molecule has 0 saturated heterocycles. The van der Waals surface area contributed by atoms with Crippen LogP contribution in [-0.2, 0) is 14.3 Å². The standard InChI is InChI=1S/C10H18O4.C4H10O3.C3H8O3/c11-9(12)7-5-3-1-2-4-6-8-10(13)14;5-1-3-7-4-2-6;4-1-3(6)2-5/h1-8H2,(H,11,12)(H,13,14);5-6H,1-4H2;3-6H,1-2H2. The predicted octanol–water partition coefficient (Wildman–Crippen LogP) is -0.404. The minimum absolute atomic E-state index is 0.0278. The third-order valence-corrected chi connectivity index (χ3v) is 2.92. The Morgan fingerprint density at radius 2 is 1.00 bits per heavy atom. The van der Waals surface area contributed by atoms with Crippen LogP contribution in [0.1, 0.15) is 51.4 Å². The number of aliphatic hydroxyl groups excluding tert-OH is 5. The molecule has 0 aromatic rings. The zero-order valence-electron chi connectivity index (χ0n) is 15.8. The molecule has 0 rings (SSSR count). The van der Waals surface area contributed by atoms with E-state index in [0.717, 1.165) is 38.5 Å². The molecule has 10 heteroatoms. The van der Waals surface area contributed by atoms with Crippen LogP contribution in [0.4, 0.5) is 0 Å². The topological polar surface area (TPSA) is 185 Å². The molecule has 0 aliphatic rings. The normalized spacial score (nSPS) is 9.85. The lowest BCUT2D eigenvalue weighted by Crippen LogP contribution is -2.15. The van der Waals surface area contributed by atoms with E-state index in [9.17, 15) is 9.59 Å². The first-order valence-electron chi connectivity index (χ1n) is 8.98. The minimum atomic E-state index is -0.954. The lowest BCUT2D eigenvalue weighted by molar-refractivity contribution is -0.138. The van der Waals surface area contributed by atoms with E-state index >= 15 is 0 Å². The van der Waals surface area contributed by atoms with Crippen molar-refractivity contribution in [2.75, 3.05) is 39.6 Å². The van der Waals surface area contributed by atoms with Gasteiger partial charge in [0.1, 0.15) is 6.10 Å². The highest BCUT2D eigenvalue weighted by Gasteiger charge is 1.98. The van der Waals surface area contributed by atoms with Gasteiger partial charge in [0, 0.05) is 12.8 Å². The molecule has 27 heavy (non-hydrogen) atoms. The van der Waals surface area contributed by atoms with Crippen molar-refractivity contribution < 1.29 is 50.1 Å². The Kier molecular flexibility index (Phi) is 30.3. The van der Waals surface area contributed by atoms with Crippen LogP contribution >= 0.6 is 0 Å². The third kappa shape index (κ3) is 40.6. The average Bonchev–Trinajstić information content (AvgIpc) is 2.64. The highest BCUT2D eigenvalue weighted by atomic mass is 16.5. The second kappa shape index (κ2) is 26.9. The highest BCUT2D eigenvalue weighted by molar-refractivity contribution is 5.66. The van der Waals surface area contributed by atoms with E-state index in [1.54, 1.807) is 0 Å². The fourth-order valence-corrected chi connectivity index (χ4v) is 1.55. The van der Waals surface area contributed by atoms with Crippen molar-refractivity contribution >= 4 is 11.9 Å². The molecule has 0 amide bonds. The van der Waals surface area contributed by atoms with E-state index < -0.39 is 18.0 Å². The Balaban J connectivity index is -0.000000369. The van der Waals surface area contributed by atoms with E-state index in [2.05, 4.69) is 4.74 Å². The van der Waals surface area contributed by atoms with Crippen LogP contribution in [0.5, 0.6) is 0 Å². The molecule has 0 spiro atoms. The largest absolute Gasteiger partial charge is 0.481 e. The van der Waals surface area contributed by atoms with Crippen LogP contribution in [0.2, 0.25) is 0 Å². The molecule has 7 N–H and O–H groups in total. The SMILES string of the molecule is O=C(O)CCCCCCCCC(=O)O.OCC(O)CO.OCCOCCO. The van der Waals surface area contributed by atoms with Gasteiger partial charge in [-0.1, -0.05) is 25.7 Å². The maximum Gasteiger partial charge on any atom is 0.303 e. The van der Waals surface area contributed by atoms with Crippen molar-refractivity contribution in [1.82, 2.24) is 0 Å². The molecule has 0 radical (unpaired) electrons. The molecule has 0 aromatic heterocycles. The molecular formula is C17H36O10. The molecule has 0 aliphatic heterocycles. The second-order valence-electron chi connectivity index (χ2n) is 5.49. The van der Waals surface area contributed by atoms with E-state index in [1.807, 2.05) is 0 Å². The number of carboxylic acids is 2. The van der Waals surface area contributed by atoms with Crippen LogP contribution in [0.25, 0.3) is 0 Å². The van der Waals surface area contributed by atoms with Crippen molar-refractivity contribution in [3.05, 3.63) is 0 Å². The van der Waals surface area contributed by atoms with Gasteiger partial charge in [0.15, 0.2) is 0 Å². The van der Waals surface area contributed by atoms with Crippen LogP contribution < -0.4 is 0 Å². The van der Waals surface area contributed by atoms with Gasteiger partial charge in [-0.2, -0.15) is 0 Å². The fourth-order valence-electron chi connectivity index (χ4n) is 1.55. The summed E-state index contributed by atoms with van der Waals surface area (Å²) in [5.41, 5.74) is 0. The molecule has 10 nitrogen and oxygen atoms in total. The first-order chi connectivity index (χ1) is 12.8. The number of hydrogen-bond acceptors (Lipinski definition) is 8. The molecule has 0 aromatic carbocycles. The smallest absolute Gasteiger partial charge is 0.303 e. The molecule has 0 atom stereocenters. The lowest BCUT2D eigenvalue weighted by atomic mass is 10.1. The van der Waals surface area contributed by atoms with Gasteiger partial charge >= 0.3 is 11.9 Å².